The molecule has 0 aliphatic carbocycles. The van der Waals surface area contributed by atoms with Gasteiger partial charge < -0.3 is 15.8 Å². The summed E-state index contributed by atoms with van der Waals surface area (Å²) in [6, 6.07) is 0. The van der Waals surface area contributed by atoms with Gasteiger partial charge in [-0.15, -0.1) is 0 Å². The Morgan fingerprint density at radius 1 is 1.33 bits per heavy atom. The van der Waals surface area contributed by atoms with Gasteiger partial charge in [-0.2, -0.15) is 15.0 Å². The van der Waals surface area contributed by atoms with Crippen LogP contribution in [-0.2, 0) is 4.74 Å². The molecule has 1 aliphatic rings. The highest BCUT2D eigenvalue weighted by atomic mass is 16.5. The molecule has 0 radical (unpaired) electrons. The van der Waals surface area contributed by atoms with Crippen molar-refractivity contribution in [3.63, 3.8) is 0 Å². The largest absolute Gasteiger partial charge is 0.379 e. The number of nitrogen functional groups attached to an aromatic ring is 1. The molecule has 0 saturated carbocycles. The van der Waals surface area contributed by atoms with E-state index < -0.39 is 0 Å². The molecular formula is C11H18N6O. The molecule has 7 nitrogen and oxygen atoms in total. The second-order valence-corrected chi connectivity index (χ2v) is 3.96. The van der Waals surface area contributed by atoms with Crippen LogP contribution >= 0.6 is 0 Å². The van der Waals surface area contributed by atoms with Gasteiger partial charge in [0.05, 0.1) is 13.2 Å². The fraction of sp³-hybridized carbons (Fsp3) is 0.545. The molecule has 0 bridgehead atoms. The third kappa shape index (κ3) is 3.64. The number of anilines is 2. The normalized spacial score (nSPS) is 16.4. The monoisotopic (exact) mass is 250 g/mol. The molecule has 0 atom stereocenters. The molecule has 1 aliphatic heterocycles. The molecule has 98 valence electrons. The zero-order valence-corrected chi connectivity index (χ0v) is 10.3. The number of ether oxygens (including phenoxy) is 1. The number of morpholine rings is 1. The zero-order chi connectivity index (χ0) is 12.8. The topological polar surface area (TPSA) is 89.2 Å². The maximum Gasteiger partial charge on any atom is 0.228 e. The summed E-state index contributed by atoms with van der Waals surface area (Å²) < 4.78 is 5.29. The highest BCUT2D eigenvalue weighted by Gasteiger charge is 2.09. The van der Waals surface area contributed by atoms with Crippen LogP contribution in [0.25, 0.3) is 6.08 Å². The van der Waals surface area contributed by atoms with Gasteiger partial charge in [-0.05, 0) is 6.08 Å². The average molecular weight is 250 g/mol. The van der Waals surface area contributed by atoms with Crippen LogP contribution in [-0.4, -0.2) is 59.2 Å². The highest BCUT2D eigenvalue weighted by molar-refractivity contribution is 5.42. The van der Waals surface area contributed by atoms with Gasteiger partial charge in [0.2, 0.25) is 11.9 Å². The maximum atomic E-state index is 5.57. The molecule has 0 unspecified atom stereocenters. The lowest BCUT2D eigenvalue weighted by atomic mass is 10.4. The molecule has 7 heteroatoms. The summed E-state index contributed by atoms with van der Waals surface area (Å²) >= 11 is 0. The fourth-order valence-corrected chi connectivity index (χ4v) is 1.73. The molecule has 18 heavy (non-hydrogen) atoms. The van der Waals surface area contributed by atoms with Crippen LogP contribution in [0.1, 0.15) is 5.82 Å². The summed E-state index contributed by atoms with van der Waals surface area (Å²) in [6.45, 7) is 8.85. The minimum atomic E-state index is 0.203. The molecule has 3 N–H and O–H groups in total. The van der Waals surface area contributed by atoms with Crippen molar-refractivity contribution in [2.24, 2.45) is 0 Å². The lowest BCUT2D eigenvalue weighted by molar-refractivity contribution is 0.0398. The SMILES string of the molecule is C=Cc1nc(N)nc(NCCN2CCOCC2)n1. The zero-order valence-electron chi connectivity index (χ0n) is 10.3. The van der Waals surface area contributed by atoms with E-state index in [4.69, 9.17) is 10.5 Å². The van der Waals surface area contributed by atoms with Crippen LogP contribution in [0.2, 0.25) is 0 Å². The highest BCUT2D eigenvalue weighted by Crippen LogP contribution is 2.03. The molecule has 1 fully saturated rings. The van der Waals surface area contributed by atoms with Gasteiger partial charge >= 0.3 is 0 Å². The van der Waals surface area contributed by atoms with E-state index in [1.807, 2.05) is 0 Å². The van der Waals surface area contributed by atoms with Crippen molar-refractivity contribution in [2.75, 3.05) is 50.4 Å². The summed E-state index contributed by atoms with van der Waals surface area (Å²) in [6.07, 6.45) is 1.55. The van der Waals surface area contributed by atoms with Gasteiger partial charge in [0.15, 0.2) is 5.82 Å². The van der Waals surface area contributed by atoms with Crippen LogP contribution in [0.15, 0.2) is 6.58 Å². The summed E-state index contributed by atoms with van der Waals surface area (Å²) in [5.74, 6) is 1.18. The van der Waals surface area contributed by atoms with E-state index >= 15 is 0 Å². The first-order valence-electron chi connectivity index (χ1n) is 5.96. The molecule has 0 spiro atoms. The summed E-state index contributed by atoms with van der Waals surface area (Å²) in [7, 11) is 0. The van der Waals surface area contributed by atoms with Gasteiger partial charge in [0.1, 0.15) is 0 Å². The van der Waals surface area contributed by atoms with Gasteiger partial charge in [-0.25, -0.2) is 0 Å². The smallest absolute Gasteiger partial charge is 0.228 e. The number of hydrogen-bond acceptors (Lipinski definition) is 7. The molecule has 1 aromatic heterocycles. The van der Waals surface area contributed by atoms with Crippen LogP contribution in [0.4, 0.5) is 11.9 Å². The fourth-order valence-electron chi connectivity index (χ4n) is 1.73. The molecule has 0 amide bonds. The van der Waals surface area contributed by atoms with E-state index in [9.17, 15) is 0 Å². The average Bonchev–Trinajstić information content (AvgIpc) is 2.39. The predicted octanol–water partition coefficient (Wildman–Crippen LogP) is -0.159. The minimum absolute atomic E-state index is 0.203. The predicted molar refractivity (Wildman–Crippen MR) is 70.1 cm³/mol. The molecule has 0 aromatic carbocycles. The number of nitrogens with one attached hydrogen (secondary N) is 1. The third-order valence-corrected chi connectivity index (χ3v) is 2.67. The number of nitrogens with zero attached hydrogens (tertiary/aromatic N) is 4. The van der Waals surface area contributed by atoms with Crippen molar-refractivity contribution in [3.8, 4) is 0 Å². The van der Waals surface area contributed by atoms with Crippen LogP contribution in [0.5, 0.6) is 0 Å². The number of nitrogens with two attached hydrogens (primary N) is 1. The van der Waals surface area contributed by atoms with E-state index in [2.05, 4.69) is 31.7 Å². The number of hydrogen-bond donors (Lipinski definition) is 2. The lowest BCUT2D eigenvalue weighted by Crippen LogP contribution is -2.39. The summed E-state index contributed by atoms with van der Waals surface area (Å²) in [5.41, 5.74) is 5.57. The van der Waals surface area contributed by atoms with Crippen LogP contribution in [0, 0.1) is 0 Å². The maximum absolute atomic E-state index is 5.57. The van der Waals surface area contributed by atoms with Crippen molar-refractivity contribution in [1.82, 2.24) is 19.9 Å². The van der Waals surface area contributed by atoms with Crippen molar-refractivity contribution >= 4 is 18.0 Å². The van der Waals surface area contributed by atoms with Crippen LogP contribution in [0.3, 0.4) is 0 Å². The third-order valence-electron chi connectivity index (χ3n) is 2.67. The summed E-state index contributed by atoms with van der Waals surface area (Å²) in [5, 5.41) is 3.14. The molecule has 1 saturated heterocycles. The van der Waals surface area contributed by atoms with Gasteiger partial charge in [0, 0.05) is 26.2 Å². The Morgan fingerprint density at radius 2 is 2.11 bits per heavy atom. The van der Waals surface area contributed by atoms with E-state index in [1.165, 1.54) is 0 Å². The van der Waals surface area contributed by atoms with Crippen molar-refractivity contribution < 1.29 is 4.74 Å². The Bertz CT molecular complexity index is 405. The standard InChI is InChI=1S/C11H18N6O/c1-2-9-14-10(12)16-11(15-9)13-3-4-17-5-7-18-8-6-17/h2H,1,3-8H2,(H3,12,13,14,15,16). The number of aromatic nitrogens is 3. The Morgan fingerprint density at radius 3 is 2.83 bits per heavy atom. The van der Waals surface area contributed by atoms with Crippen molar-refractivity contribution in [3.05, 3.63) is 12.4 Å². The first-order chi connectivity index (χ1) is 8.78. The van der Waals surface area contributed by atoms with Gasteiger partial charge in [-0.3, -0.25) is 4.90 Å². The molecule has 1 aromatic rings. The molecule has 2 heterocycles. The van der Waals surface area contributed by atoms with Crippen molar-refractivity contribution in [2.45, 2.75) is 0 Å². The number of rotatable bonds is 5. The lowest BCUT2D eigenvalue weighted by Gasteiger charge is -2.26. The Balaban J connectivity index is 1.82. The van der Waals surface area contributed by atoms with Gasteiger partial charge in [-0.1, -0.05) is 6.58 Å². The van der Waals surface area contributed by atoms with Crippen LogP contribution < -0.4 is 11.1 Å². The first-order valence-corrected chi connectivity index (χ1v) is 5.96. The Hall–Kier alpha value is -1.73. The van der Waals surface area contributed by atoms with E-state index in [-0.39, 0.29) is 5.95 Å². The second-order valence-electron chi connectivity index (χ2n) is 3.96. The van der Waals surface area contributed by atoms with Crippen molar-refractivity contribution in [1.29, 1.82) is 0 Å². The van der Waals surface area contributed by atoms with E-state index in [0.29, 0.717) is 11.8 Å². The Kier molecular flexibility index (Phi) is 4.43. The second kappa shape index (κ2) is 6.27. The van der Waals surface area contributed by atoms with E-state index in [1.54, 1.807) is 6.08 Å². The first kappa shape index (κ1) is 12.7. The summed E-state index contributed by atoms with van der Waals surface area (Å²) in [4.78, 5) is 14.4. The minimum Gasteiger partial charge on any atom is -0.379 e. The molecule has 2 rings (SSSR count). The van der Waals surface area contributed by atoms with Gasteiger partial charge in [0.25, 0.3) is 0 Å². The Labute approximate surface area is 106 Å². The molecular weight excluding hydrogens is 232 g/mol. The quantitative estimate of drug-likeness (QED) is 0.750. The van der Waals surface area contributed by atoms with E-state index in [0.717, 1.165) is 39.4 Å².